The summed E-state index contributed by atoms with van der Waals surface area (Å²) >= 11 is 0. The van der Waals surface area contributed by atoms with E-state index in [9.17, 15) is 9.18 Å². The van der Waals surface area contributed by atoms with Crippen molar-refractivity contribution < 1.29 is 13.9 Å². The van der Waals surface area contributed by atoms with Gasteiger partial charge in [-0.2, -0.15) is 5.10 Å². The molecule has 1 fully saturated rings. The van der Waals surface area contributed by atoms with Crippen molar-refractivity contribution >= 4 is 11.8 Å². The van der Waals surface area contributed by atoms with Crippen LogP contribution in [0.3, 0.4) is 0 Å². The van der Waals surface area contributed by atoms with Crippen LogP contribution in [0.5, 0.6) is 0 Å². The smallest absolute Gasteiger partial charge is 0.414 e. The number of nitrogens with two attached hydrogens (primary N) is 1. The lowest BCUT2D eigenvalue weighted by Gasteiger charge is -2.14. The largest absolute Gasteiger partial charge is 0.443 e. The minimum atomic E-state index is -0.533. The number of carbonyl (C=O) groups is 1. The number of carbonyl (C=O) groups excluding carboxylic acids is 1. The van der Waals surface area contributed by atoms with Crippen LogP contribution in [0.25, 0.3) is 5.69 Å². The van der Waals surface area contributed by atoms with Gasteiger partial charge >= 0.3 is 6.09 Å². The van der Waals surface area contributed by atoms with E-state index in [0.29, 0.717) is 24.5 Å². The molecule has 1 aliphatic rings. The van der Waals surface area contributed by atoms with Gasteiger partial charge in [-0.05, 0) is 24.3 Å². The van der Waals surface area contributed by atoms with Crippen molar-refractivity contribution in [2.75, 3.05) is 18.0 Å². The molecule has 134 valence electrons. The van der Waals surface area contributed by atoms with Crippen molar-refractivity contribution in [1.29, 1.82) is 0 Å². The van der Waals surface area contributed by atoms with E-state index >= 15 is 0 Å². The molecule has 3 aromatic rings. The van der Waals surface area contributed by atoms with Crippen LogP contribution in [0.2, 0.25) is 0 Å². The number of halogens is 1. The van der Waals surface area contributed by atoms with Gasteiger partial charge in [-0.3, -0.25) is 9.58 Å². The summed E-state index contributed by atoms with van der Waals surface area (Å²) in [6.45, 7) is 0.957. The first-order valence-corrected chi connectivity index (χ1v) is 8.01. The maximum absolute atomic E-state index is 14.6. The van der Waals surface area contributed by atoms with Crippen LogP contribution in [-0.4, -0.2) is 50.1 Å². The van der Waals surface area contributed by atoms with Crippen molar-refractivity contribution in [3.63, 3.8) is 0 Å². The van der Waals surface area contributed by atoms with E-state index < -0.39 is 11.9 Å². The molecule has 0 aliphatic carbocycles. The fourth-order valence-electron chi connectivity index (χ4n) is 2.75. The van der Waals surface area contributed by atoms with Crippen LogP contribution in [-0.2, 0) is 11.3 Å². The average Bonchev–Trinajstić information content (AvgIpc) is 3.36. The summed E-state index contributed by atoms with van der Waals surface area (Å²) in [7, 11) is 0. The van der Waals surface area contributed by atoms with Crippen molar-refractivity contribution in [1.82, 2.24) is 24.8 Å². The number of amides is 1. The molecule has 4 rings (SSSR count). The second kappa shape index (κ2) is 6.56. The van der Waals surface area contributed by atoms with Crippen LogP contribution in [0.15, 0.2) is 42.9 Å². The fourth-order valence-corrected chi connectivity index (χ4v) is 2.75. The number of cyclic esters (lactones) is 1. The first-order valence-electron chi connectivity index (χ1n) is 8.01. The van der Waals surface area contributed by atoms with Crippen LogP contribution in [0, 0.1) is 5.82 Å². The molecule has 2 aromatic heterocycles. The molecule has 26 heavy (non-hydrogen) atoms. The molecular weight excluding hydrogens is 341 g/mol. The quantitative estimate of drug-likeness (QED) is 0.729. The average molecular weight is 357 g/mol. The highest BCUT2D eigenvalue weighted by atomic mass is 19.1. The molecule has 0 radical (unpaired) electrons. The number of aromatic nitrogens is 5. The van der Waals surface area contributed by atoms with Gasteiger partial charge in [0.2, 0.25) is 0 Å². The highest BCUT2D eigenvalue weighted by Crippen LogP contribution is 2.25. The third kappa shape index (κ3) is 3.02. The zero-order valence-corrected chi connectivity index (χ0v) is 13.7. The van der Waals surface area contributed by atoms with Crippen LogP contribution in [0.4, 0.5) is 14.9 Å². The number of nitrogens with zero attached hydrogens (tertiary/aromatic N) is 6. The van der Waals surface area contributed by atoms with Crippen molar-refractivity contribution in [2.45, 2.75) is 12.6 Å². The first-order chi connectivity index (χ1) is 12.6. The van der Waals surface area contributed by atoms with Crippen LogP contribution < -0.4 is 10.6 Å². The Morgan fingerprint density at radius 1 is 1.38 bits per heavy atom. The third-order valence-electron chi connectivity index (χ3n) is 4.05. The number of anilines is 1. The zero-order valence-electron chi connectivity index (χ0n) is 13.7. The van der Waals surface area contributed by atoms with Crippen molar-refractivity contribution in [3.8, 4) is 5.69 Å². The highest BCUT2D eigenvalue weighted by Gasteiger charge is 2.31. The lowest BCUT2D eigenvalue weighted by atomic mass is 10.2. The first kappa shape index (κ1) is 16.2. The van der Waals surface area contributed by atoms with Gasteiger partial charge in [0, 0.05) is 18.9 Å². The predicted molar refractivity (Wildman–Crippen MR) is 89.3 cm³/mol. The van der Waals surface area contributed by atoms with E-state index in [1.54, 1.807) is 41.5 Å². The minimum absolute atomic E-state index is 0.223. The summed E-state index contributed by atoms with van der Waals surface area (Å²) < 4.78 is 22.7. The SMILES string of the molecule is NC[C@H]1CN(c2ccc(-n3cc(Cn4cccn4)nn3)c(F)c2)C(=O)O1. The maximum atomic E-state index is 14.6. The second-order valence-electron chi connectivity index (χ2n) is 5.85. The van der Waals surface area contributed by atoms with Gasteiger partial charge < -0.3 is 10.5 Å². The molecule has 2 N–H and O–H groups in total. The molecule has 1 aromatic carbocycles. The molecule has 9 nitrogen and oxygen atoms in total. The molecular formula is C16H16FN7O2. The van der Waals surface area contributed by atoms with Crippen molar-refractivity contribution in [2.24, 2.45) is 5.73 Å². The molecule has 0 unspecified atom stereocenters. The van der Waals surface area contributed by atoms with Gasteiger partial charge in [0.1, 0.15) is 17.5 Å². The van der Waals surface area contributed by atoms with Gasteiger partial charge in [-0.25, -0.2) is 13.9 Å². The van der Waals surface area contributed by atoms with Crippen LogP contribution in [0.1, 0.15) is 5.69 Å². The van der Waals surface area contributed by atoms with E-state index in [-0.39, 0.29) is 18.3 Å². The van der Waals surface area contributed by atoms with E-state index in [1.807, 2.05) is 0 Å². The Bertz CT molecular complexity index is 925. The molecule has 1 amide bonds. The number of ether oxygens (including phenoxy) is 1. The van der Waals surface area contributed by atoms with Gasteiger partial charge in [0.25, 0.3) is 0 Å². The predicted octanol–water partition coefficient (Wildman–Crippen LogP) is 0.935. The van der Waals surface area contributed by atoms with E-state index in [4.69, 9.17) is 10.5 Å². The summed E-state index contributed by atoms with van der Waals surface area (Å²) in [6.07, 6.45) is 4.19. The Labute approximate surface area is 147 Å². The van der Waals surface area contributed by atoms with E-state index in [2.05, 4.69) is 15.4 Å². The fraction of sp³-hybridized carbons (Fsp3) is 0.250. The second-order valence-corrected chi connectivity index (χ2v) is 5.85. The normalized spacial score (nSPS) is 16.9. The Hall–Kier alpha value is -3.27. The summed E-state index contributed by atoms with van der Waals surface area (Å²) in [4.78, 5) is 13.2. The van der Waals surface area contributed by atoms with Gasteiger partial charge in [0.15, 0.2) is 5.82 Å². The highest BCUT2D eigenvalue weighted by molar-refractivity contribution is 5.89. The summed E-state index contributed by atoms with van der Waals surface area (Å²) in [5.74, 6) is -0.526. The molecule has 3 heterocycles. The molecule has 0 saturated carbocycles. The van der Waals surface area contributed by atoms with Gasteiger partial charge in [-0.15, -0.1) is 5.10 Å². The van der Waals surface area contributed by atoms with Crippen molar-refractivity contribution in [3.05, 3.63) is 54.4 Å². The molecule has 1 saturated heterocycles. The van der Waals surface area contributed by atoms with E-state index in [1.165, 1.54) is 15.6 Å². The Balaban J connectivity index is 1.55. The Kier molecular flexibility index (Phi) is 4.09. The van der Waals surface area contributed by atoms with Gasteiger partial charge in [-0.1, -0.05) is 5.21 Å². The minimum Gasteiger partial charge on any atom is -0.443 e. The van der Waals surface area contributed by atoms with Crippen LogP contribution >= 0.6 is 0 Å². The number of hydrogen-bond donors (Lipinski definition) is 1. The number of rotatable bonds is 5. The number of benzene rings is 1. The Morgan fingerprint density at radius 3 is 2.96 bits per heavy atom. The molecule has 0 spiro atoms. The monoisotopic (exact) mass is 357 g/mol. The summed E-state index contributed by atoms with van der Waals surface area (Å²) in [5, 5.41) is 12.1. The standard InChI is InChI=1S/C16H16FN7O2/c17-14-6-12(23-10-13(7-18)26-16(23)25)2-3-15(14)24-9-11(20-21-24)8-22-5-1-4-19-22/h1-6,9,13H,7-8,10,18H2/t13-/m0/s1. The molecule has 1 atom stereocenters. The summed E-state index contributed by atoms with van der Waals surface area (Å²) in [6, 6.07) is 6.25. The lowest BCUT2D eigenvalue weighted by molar-refractivity contribution is 0.145. The molecule has 0 bridgehead atoms. The molecule has 10 heteroatoms. The van der Waals surface area contributed by atoms with Gasteiger partial charge in [0.05, 0.1) is 25.0 Å². The zero-order chi connectivity index (χ0) is 18.1. The topological polar surface area (TPSA) is 104 Å². The number of hydrogen-bond acceptors (Lipinski definition) is 6. The lowest BCUT2D eigenvalue weighted by Crippen LogP contribution is -2.27. The maximum Gasteiger partial charge on any atom is 0.414 e. The Morgan fingerprint density at radius 2 is 2.27 bits per heavy atom. The third-order valence-corrected chi connectivity index (χ3v) is 4.05. The molecule has 1 aliphatic heterocycles. The van der Waals surface area contributed by atoms with E-state index in [0.717, 1.165) is 0 Å². The summed E-state index contributed by atoms with van der Waals surface area (Å²) in [5.41, 5.74) is 6.80.